The van der Waals surface area contributed by atoms with Gasteiger partial charge in [0.05, 0.1) is 0 Å². The molecule has 1 aliphatic carbocycles. The highest BCUT2D eigenvalue weighted by Gasteiger charge is 2.17. The van der Waals surface area contributed by atoms with Gasteiger partial charge in [0.1, 0.15) is 5.71 Å². The lowest BCUT2D eigenvalue weighted by atomic mass is 9.97. The molecule has 1 N–H and O–H groups in total. The van der Waals surface area contributed by atoms with Gasteiger partial charge in [-0.2, -0.15) is 0 Å². The smallest absolute Gasteiger partial charge is 0.323 e. The van der Waals surface area contributed by atoms with Crippen LogP contribution in [0.15, 0.2) is 5.16 Å². The summed E-state index contributed by atoms with van der Waals surface area (Å²) in [5.74, 6) is -0.0184. The van der Waals surface area contributed by atoms with Crippen molar-refractivity contribution in [3.05, 3.63) is 0 Å². The number of nitrogens with one attached hydrogen (secondary N) is 1. The lowest BCUT2D eigenvalue weighted by Gasteiger charge is -2.09. The van der Waals surface area contributed by atoms with E-state index in [1.54, 1.807) is 0 Å². The maximum Gasteiger partial charge on any atom is 0.433 e. The monoisotopic (exact) mass is 184 g/mol. The third kappa shape index (κ3) is 2.85. The van der Waals surface area contributed by atoms with E-state index in [0.29, 0.717) is 18.6 Å². The zero-order valence-corrected chi connectivity index (χ0v) is 7.50. The molecule has 0 radical (unpaired) electrons. The van der Waals surface area contributed by atoms with Gasteiger partial charge in [-0.3, -0.25) is 9.63 Å². The fourth-order valence-corrected chi connectivity index (χ4v) is 1.10. The van der Waals surface area contributed by atoms with Crippen LogP contribution in [0.4, 0.5) is 4.79 Å². The van der Waals surface area contributed by atoms with E-state index in [9.17, 15) is 9.59 Å². The van der Waals surface area contributed by atoms with Crippen LogP contribution < -0.4 is 5.32 Å². The SMILES string of the molecule is CNC(=O)O/N=C1/CCCCC1=O. The van der Waals surface area contributed by atoms with Gasteiger partial charge in [-0.25, -0.2) is 4.79 Å². The van der Waals surface area contributed by atoms with Crippen molar-refractivity contribution < 1.29 is 14.4 Å². The Morgan fingerprint density at radius 2 is 2.15 bits per heavy atom. The average Bonchev–Trinajstić information content (AvgIpc) is 2.16. The standard InChI is InChI=1S/C8H12N2O3/c1-9-8(12)13-10-6-4-2-3-5-7(6)11/h2-5H2,1H3,(H,9,12)/b10-6-. The van der Waals surface area contributed by atoms with E-state index in [4.69, 9.17) is 0 Å². The second kappa shape index (κ2) is 4.59. The van der Waals surface area contributed by atoms with Crippen LogP contribution in [0.3, 0.4) is 0 Å². The van der Waals surface area contributed by atoms with Crippen LogP contribution in [-0.2, 0) is 9.63 Å². The number of hydrogen-bond donors (Lipinski definition) is 1. The summed E-state index contributed by atoms with van der Waals surface area (Å²) < 4.78 is 0. The normalized spacial score (nSPS) is 20.1. The first kappa shape index (κ1) is 9.70. The Balaban J connectivity index is 2.48. The molecule has 1 rings (SSSR count). The Morgan fingerprint density at radius 3 is 2.77 bits per heavy atom. The molecule has 0 saturated heterocycles. The molecule has 0 aromatic carbocycles. The molecule has 5 nitrogen and oxygen atoms in total. The van der Waals surface area contributed by atoms with Crippen molar-refractivity contribution in [2.75, 3.05) is 7.05 Å². The van der Waals surface area contributed by atoms with Gasteiger partial charge in [-0.15, -0.1) is 0 Å². The minimum absolute atomic E-state index is 0.0184. The number of carbonyl (C=O) groups excluding carboxylic acids is 2. The Morgan fingerprint density at radius 1 is 1.46 bits per heavy atom. The van der Waals surface area contributed by atoms with Crippen molar-refractivity contribution >= 4 is 17.6 Å². The molecule has 0 heterocycles. The Hall–Kier alpha value is -1.39. The predicted octanol–water partition coefficient (Wildman–Crippen LogP) is 0.841. The number of carbonyl (C=O) groups is 2. The number of amides is 1. The highest BCUT2D eigenvalue weighted by molar-refractivity contribution is 6.40. The Kier molecular flexibility index (Phi) is 3.42. The van der Waals surface area contributed by atoms with Gasteiger partial charge in [-0.1, -0.05) is 5.16 Å². The van der Waals surface area contributed by atoms with Gasteiger partial charge in [0.15, 0.2) is 5.78 Å². The second-order valence-electron chi connectivity index (χ2n) is 2.80. The fourth-order valence-electron chi connectivity index (χ4n) is 1.10. The summed E-state index contributed by atoms with van der Waals surface area (Å²) in [5.41, 5.74) is 0.370. The summed E-state index contributed by atoms with van der Waals surface area (Å²) in [5, 5.41) is 5.73. The highest BCUT2D eigenvalue weighted by atomic mass is 16.7. The molecule has 1 saturated carbocycles. The van der Waals surface area contributed by atoms with Gasteiger partial charge in [0.2, 0.25) is 0 Å². The van der Waals surface area contributed by atoms with E-state index in [2.05, 4.69) is 15.3 Å². The van der Waals surface area contributed by atoms with Gasteiger partial charge >= 0.3 is 6.09 Å². The van der Waals surface area contributed by atoms with Crippen molar-refractivity contribution in [1.82, 2.24) is 5.32 Å². The number of ketones is 1. The van der Waals surface area contributed by atoms with E-state index in [1.807, 2.05) is 0 Å². The Labute approximate surface area is 76.1 Å². The molecule has 0 spiro atoms. The molecule has 1 aliphatic rings. The first-order valence-corrected chi connectivity index (χ1v) is 4.23. The van der Waals surface area contributed by atoms with E-state index in [1.165, 1.54) is 7.05 Å². The number of oxime groups is 1. The first-order chi connectivity index (χ1) is 6.24. The van der Waals surface area contributed by atoms with Crippen LogP contribution in [0, 0.1) is 0 Å². The molecule has 0 atom stereocenters. The maximum absolute atomic E-state index is 11.2. The van der Waals surface area contributed by atoms with Crippen molar-refractivity contribution in [2.45, 2.75) is 25.7 Å². The molecule has 0 bridgehead atoms. The molecule has 0 aromatic rings. The number of hydrogen-bond acceptors (Lipinski definition) is 4. The molecular weight excluding hydrogens is 172 g/mol. The van der Waals surface area contributed by atoms with Crippen LogP contribution in [-0.4, -0.2) is 24.6 Å². The first-order valence-electron chi connectivity index (χ1n) is 4.23. The lowest BCUT2D eigenvalue weighted by molar-refractivity contribution is -0.113. The number of Topliss-reactive ketones (excluding diaryl/α,β-unsaturated/α-hetero) is 1. The minimum Gasteiger partial charge on any atom is -0.323 e. The number of nitrogens with zero attached hydrogens (tertiary/aromatic N) is 1. The average molecular weight is 184 g/mol. The molecular formula is C8H12N2O3. The van der Waals surface area contributed by atoms with Gasteiger partial charge < -0.3 is 5.32 Å². The summed E-state index contributed by atoms with van der Waals surface area (Å²) in [6.45, 7) is 0. The third-order valence-corrected chi connectivity index (χ3v) is 1.83. The summed E-state index contributed by atoms with van der Waals surface area (Å²) in [6.07, 6.45) is 2.30. The fraction of sp³-hybridized carbons (Fsp3) is 0.625. The minimum atomic E-state index is -0.647. The summed E-state index contributed by atoms with van der Waals surface area (Å²) >= 11 is 0. The highest BCUT2D eigenvalue weighted by Crippen LogP contribution is 2.11. The van der Waals surface area contributed by atoms with Crippen molar-refractivity contribution in [1.29, 1.82) is 0 Å². The van der Waals surface area contributed by atoms with Crippen LogP contribution in [0.5, 0.6) is 0 Å². The molecule has 13 heavy (non-hydrogen) atoms. The molecule has 0 unspecified atom stereocenters. The third-order valence-electron chi connectivity index (χ3n) is 1.83. The van der Waals surface area contributed by atoms with Crippen molar-refractivity contribution in [3.8, 4) is 0 Å². The van der Waals surface area contributed by atoms with E-state index in [-0.39, 0.29) is 5.78 Å². The maximum atomic E-state index is 11.2. The summed E-state index contributed by atoms with van der Waals surface area (Å²) in [6, 6.07) is 0. The zero-order chi connectivity index (χ0) is 9.68. The lowest BCUT2D eigenvalue weighted by Crippen LogP contribution is -2.22. The number of rotatable bonds is 1. The van der Waals surface area contributed by atoms with Crippen LogP contribution in [0.2, 0.25) is 0 Å². The largest absolute Gasteiger partial charge is 0.433 e. The summed E-state index contributed by atoms with van der Waals surface area (Å²) in [4.78, 5) is 26.2. The summed E-state index contributed by atoms with van der Waals surface area (Å²) in [7, 11) is 1.44. The van der Waals surface area contributed by atoms with E-state index >= 15 is 0 Å². The second-order valence-corrected chi connectivity index (χ2v) is 2.80. The molecule has 5 heteroatoms. The quantitative estimate of drug-likeness (QED) is 0.485. The molecule has 1 amide bonds. The van der Waals surface area contributed by atoms with Crippen molar-refractivity contribution in [2.24, 2.45) is 5.16 Å². The molecule has 0 aliphatic heterocycles. The van der Waals surface area contributed by atoms with Crippen molar-refractivity contribution in [3.63, 3.8) is 0 Å². The molecule has 1 fully saturated rings. The van der Waals surface area contributed by atoms with Crippen LogP contribution in [0.1, 0.15) is 25.7 Å². The van der Waals surface area contributed by atoms with E-state index < -0.39 is 6.09 Å². The van der Waals surface area contributed by atoms with Gasteiger partial charge in [-0.05, 0) is 19.3 Å². The van der Waals surface area contributed by atoms with E-state index in [0.717, 1.165) is 12.8 Å². The van der Waals surface area contributed by atoms with Gasteiger partial charge in [0.25, 0.3) is 0 Å². The molecule has 72 valence electrons. The topological polar surface area (TPSA) is 67.8 Å². The Bertz CT molecular complexity index is 248. The van der Waals surface area contributed by atoms with Crippen LogP contribution in [0.25, 0.3) is 0 Å². The predicted molar refractivity (Wildman–Crippen MR) is 46.5 cm³/mol. The van der Waals surface area contributed by atoms with Crippen LogP contribution >= 0.6 is 0 Å². The van der Waals surface area contributed by atoms with Gasteiger partial charge in [0, 0.05) is 13.5 Å². The zero-order valence-electron chi connectivity index (χ0n) is 7.50. The molecule has 0 aromatic heterocycles.